The number of hydrogen-bond acceptors (Lipinski definition) is 4. The second kappa shape index (κ2) is 10.8. The summed E-state index contributed by atoms with van der Waals surface area (Å²) in [6.45, 7) is 5.09. The minimum Gasteiger partial charge on any atom is -0.496 e. The summed E-state index contributed by atoms with van der Waals surface area (Å²) in [7, 11) is 1.62. The first kappa shape index (κ1) is 23.9. The number of amides is 2. The van der Waals surface area contributed by atoms with Crippen LogP contribution < -0.4 is 19.9 Å². The van der Waals surface area contributed by atoms with Crippen LogP contribution in [0.25, 0.3) is 6.08 Å². The second-order valence-electron chi connectivity index (χ2n) is 8.27. The van der Waals surface area contributed by atoms with E-state index in [1.165, 1.54) is 24.7 Å². The number of carbonyl (C=O) groups excluding carboxylic acids is 2. The third-order valence-electron chi connectivity index (χ3n) is 6.23. The third-order valence-corrected chi connectivity index (χ3v) is 7.93. The van der Waals surface area contributed by atoms with E-state index in [4.69, 9.17) is 4.74 Å². The number of likely N-dealkylation sites (tertiary alicyclic amines) is 1. The quantitative estimate of drug-likeness (QED) is 0.540. The number of nitrogens with zero attached hydrogens (tertiary/aromatic N) is 1. The number of rotatable bonds is 7. The standard InChI is InChI=1S/C25H28BrN3O3S/c1-3-28-12-6-7-18(28)15-27-24(30)16-29-20-8-4-5-9-22(20)33-23(25(29)31)14-17-10-11-21(32-2)19(26)13-17/h4-5,8-11,13-14,18H,3,6-7,12,15-16H2,1-2H3,(H,27,30)/p+1. The Bertz CT molecular complexity index is 1070. The monoisotopic (exact) mass is 530 g/mol. The number of benzene rings is 2. The lowest BCUT2D eigenvalue weighted by atomic mass is 10.2. The summed E-state index contributed by atoms with van der Waals surface area (Å²) in [6.07, 6.45) is 4.20. The molecule has 33 heavy (non-hydrogen) atoms. The SMILES string of the molecule is CC[NH+]1CCCC1CNC(=O)CN1C(=O)C(=Cc2ccc(OC)c(Br)c2)Sc2ccccc21. The molecule has 0 bridgehead atoms. The van der Waals surface area contributed by atoms with Crippen LogP contribution in [0.5, 0.6) is 5.75 Å². The van der Waals surface area contributed by atoms with Gasteiger partial charge in [-0.3, -0.25) is 14.5 Å². The fraction of sp³-hybridized carbons (Fsp3) is 0.360. The molecule has 2 aromatic rings. The number of anilines is 1. The summed E-state index contributed by atoms with van der Waals surface area (Å²) < 4.78 is 6.12. The van der Waals surface area contributed by atoms with Crippen molar-refractivity contribution in [2.24, 2.45) is 0 Å². The highest BCUT2D eigenvalue weighted by molar-refractivity contribution is 9.10. The van der Waals surface area contributed by atoms with Gasteiger partial charge in [0, 0.05) is 17.7 Å². The fourth-order valence-corrected chi connectivity index (χ4v) is 6.09. The topological polar surface area (TPSA) is 63.1 Å². The number of hydrogen-bond donors (Lipinski definition) is 2. The van der Waals surface area contributed by atoms with Crippen LogP contribution in [-0.4, -0.2) is 51.1 Å². The summed E-state index contributed by atoms with van der Waals surface area (Å²) >= 11 is 4.93. The van der Waals surface area contributed by atoms with Crippen LogP contribution >= 0.6 is 27.7 Å². The van der Waals surface area contributed by atoms with E-state index in [0.29, 0.717) is 17.5 Å². The van der Waals surface area contributed by atoms with Gasteiger partial charge in [0.2, 0.25) is 5.91 Å². The molecule has 0 aromatic heterocycles. The van der Waals surface area contributed by atoms with Gasteiger partial charge in [0.25, 0.3) is 5.91 Å². The molecule has 2 amide bonds. The summed E-state index contributed by atoms with van der Waals surface area (Å²) in [5.41, 5.74) is 1.66. The van der Waals surface area contributed by atoms with Gasteiger partial charge in [-0.05, 0) is 58.8 Å². The van der Waals surface area contributed by atoms with Crippen molar-refractivity contribution in [2.45, 2.75) is 30.7 Å². The molecule has 2 aliphatic rings. The molecule has 2 atom stereocenters. The predicted molar refractivity (Wildman–Crippen MR) is 136 cm³/mol. The summed E-state index contributed by atoms with van der Waals surface area (Å²) in [5.74, 6) is 0.440. The molecule has 6 nitrogen and oxygen atoms in total. The van der Waals surface area contributed by atoms with Crippen LogP contribution in [-0.2, 0) is 9.59 Å². The van der Waals surface area contributed by atoms with Crippen LogP contribution in [0.2, 0.25) is 0 Å². The number of thioether (sulfide) groups is 1. The number of carbonyl (C=O) groups is 2. The van der Waals surface area contributed by atoms with Gasteiger partial charge in [0.05, 0.1) is 41.8 Å². The van der Waals surface area contributed by atoms with Gasteiger partial charge in [-0.2, -0.15) is 0 Å². The number of methoxy groups -OCH3 is 1. The Morgan fingerprint density at radius 2 is 2.15 bits per heavy atom. The van der Waals surface area contributed by atoms with E-state index in [1.54, 1.807) is 16.9 Å². The van der Waals surface area contributed by atoms with Crippen LogP contribution in [0.4, 0.5) is 5.69 Å². The number of quaternary nitrogens is 1. The maximum atomic E-state index is 13.4. The second-order valence-corrected chi connectivity index (χ2v) is 10.2. The highest BCUT2D eigenvalue weighted by Crippen LogP contribution is 2.42. The molecular formula is C25H29BrN3O3S+. The molecule has 0 saturated carbocycles. The first-order valence-electron chi connectivity index (χ1n) is 11.3. The number of halogens is 1. The highest BCUT2D eigenvalue weighted by Gasteiger charge is 2.31. The molecule has 2 N–H and O–H groups in total. The molecule has 1 saturated heterocycles. The number of ether oxygens (including phenoxy) is 1. The summed E-state index contributed by atoms with van der Waals surface area (Å²) in [6, 6.07) is 13.9. The van der Waals surface area contributed by atoms with E-state index in [2.05, 4.69) is 28.2 Å². The van der Waals surface area contributed by atoms with Crippen molar-refractivity contribution in [3.63, 3.8) is 0 Å². The third kappa shape index (κ3) is 5.45. The van der Waals surface area contributed by atoms with Gasteiger partial charge < -0.3 is 15.0 Å². The maximum Gasteiger partial charge on any atom is 0.265 e. The Morgan fingerprint density at radius 3 is 2.91 bits per heavy atom. The molecule has 174 valence electrons. The van der Waals surface area contributed by atoms with E-state index in [0.717, 1.165) is 39.3 Å². The average Bonchev–Trinajstić information content (AvgIpc) is 3.28. The lowest BCUT2D eigenvalue weighted by molar-refractivity contribution is -0.909. The first-order valence-corrected chi connectivity index (χ1v) is 12.9. The first-order chi connectivity index (χ1) is 16.0. The van der Waals surface area contributed by atoms with Gasteiger partial charge in [-0.15, -0.1) is 0 Å². The number of nitrogens with one attached hydrogen (secondary N) is 2. The van der Waals surface area contributed by atoms with E-state index in [1.807, 2.05) is 48.5 Å². The van der Waals surface area contributed by atoms with Gasteiger partial charge in [0.1, 0.15) is 18.3 Å². The molecule has 0 radical (unpaired) electrons. The van der Waals surface area contributed by atoms with Crippen molar-refractivity contribution in [1.82, 2.24) is 5.32 Å². The Kier molecular flexibility index (Phi) is 7.78. The number of para-hydroxylation sites is 1. The van der Waals surface area contributed by atoms with Crippen molar-refractivity contribution >= 4 is 51.3 Å². The molecular weight excluding hydrogens is 502 g/mol. The molecule has 0 spiro atoms. The Hall–Kier alpha value is -2.29. The van der Waals surface area contributed by atoms with Crippen molar-refractivity contribution in [3.05, 3.63) is 57.4 Å². The van der Waals surface area contributed by atoms with Crippen molar-refractivity contribution in [2.75, 3.05) is 38.2 Å². The Balaban J connectivity index is 1.52. The predicted octanol–water partition coefficient (Wildman–Crippen LogP) is 3.12. The van der Waals surface area contributed by atoms with Crippen molar-refractivity contribution in [1.29, 1.82) is 0 Å². The largest absolute Gasteiger partial charge is 0.496 e. The zero-order chi connectivity index (χ0) is 23.4. The van der Waals surface area contributed by atoms with Gasteiger partial charge in [-0.25, -0.2) is 0 Å². The maximum absolute atomic E-state index is 13.4. The molecule has 2 aromatic carbocycles. The zero-order valence-electron chi connectivity index (χ0n) is 18.9. The molecule has 2 aliphatic heterocycles. The minimum absolute atomic E-state index is 0.00817. The van der Waals surface area contributed by atoms with Crippen LogP contribution in [0.1, 0.15) is 25.3 Å². The average molecular weight is 531 g/mol. The number of likely N-dealkylation sites (N-methyl/N-ethyl adjacent to an activating group) is 1. The van der Waals surface area contributed by atoms with E-state index < -0.39 is 0 Å². The zero-order valence-corrected chi connectivity index (χ0v) is 21.3. The lowest BCUT2D eigenvalue weighted by Gasteiger charge is -2.30. The smallest absolute Gasteiger partial charge is 0.265 e. The summed E-state index contributed by atoms with van der Waals surface area (Å²) in [5, 5.41) is 3.07. The minimum atomic E-state index is -0.164. The van der Waals surface area contributed by atoms with Crippen LogP contribution in [0.15, 0.2) is 56.7 Å². The van der Waals surface area contributed by atoms with Crippen molar-refractivity contribution < 1.29 is 19.2 Å². The van der Waals surface area contributed by atoms with Gasteiger partial charge >= 0.3 is 0 Å². The molecule has 8 heteroatoms. The normalized spacial score (nSPS) is 21.2. The Morgan fingerprint density at radius 1 is 1.33 bits per heavy atom. The van der Waals surface area contributed by atoms with E-state index in [9.17, 15) is 9.59 Å². The molecule has 4 rings (SSSR count). The molecule has 2 unspecified atom stereocenters. The van der Waals surface area contributed by atoms with Gasteiger partial charge in [0.15, 0.2) is 0 Å². The highest BCUT2D eigenvalue weighted by atomic mass is 79.9. The molecule has 0 aliphatic carbocycles. The number of fused-ring (bicyclic) bond motifs is 1. The lowest BCUT2D eigenvalue weighted by Crippen LogP contribution is -3.14. The van der Waals surface area contributed by atoms with Crippen LogP contribution in [0, 0.1) is 0 Å². The Labute approximate surface area is 207 Å². The van der Waals surface area contributed by atoms with Crippen molar-refractivity contribution in [3.8, 4) is 5.75 Å². The van der Waals surface area contributed by atoms with E-state index >= 15 is 0 Å². The van der Waals surface area contributed by atoms with E-state index in [-0.39, 0.29) is 18.4 Å². The van der Waals surface area contributed by atoms with Crippen LogP contribution in [0.3, 0.4) is 0 Å². The van der Waals surface area contributed by atoms with Gasteiger partial charge in [-0.1, -0.05) is 30.0 Å². The summed E-state index contributed by atoms with van der Waals surface area (Å²) in [4.78, 5) is 30.9. The fourth-order valence-electron chi connectivity index (χ4n) is 4.48. The molecule has 2 heterocycles. The molecule has 1 fully saturated rings.